The molecule has 0 saturated carbocycles. The number of hydrazine groups is 3. The van der Waals surface area contributed by atoms with Crippen molar-refractivity contribution in [2.24, 2.45) is 0 Å². The lowest BCUT2D eigenvalue weighted by Crippen LogP contribution is -2.55. The van der Waals surface area contributed by atoms with Crippen LogP contribution in [0.1, 0.15) is 10.5 Å². The number of hydrogen-bond donors (Lipinski definition) is 3. The van der Waals surface area contributed by atoms with E-state index < -0.39 is 0 Å². The van der Waals surface area contributed by atoms with Gasteiger partial charge in [0.1, 0.15) is 5.69 Å². The molecule has 7 nitrogen and oxygen atoms in total. The lowest BCUT2D eigenvalue weighted by atomic mass is 10.5. The molecule has 3 N–H and O–H groups in total. The second kappa shape index (κ2) is 4.11. The van der Waals surface area contributed by atoms with Crippen LogP contribution >= 0.6 is 0 Å². The summed E-state index contributed by atoms with van der Waals surface area (Å²) in [5, 5.41) is 3.31. The van der Waals surface area contributed by atoms with Gasteiger partial charge in [-0.1, -0.05) is 0 Å². The fourth-order valence-electron chi connectivity index (χ4n) is 1.18. The Balaban J connectivity index is 1.95. The summed E-state index contributed by atoms with van der Waals surface area (Å²) >= 11 is 0. The number of carbonyl (C=O) groups excluding carboxylic acids is 1. The second-order valence-corrected chi connectivity index (χ2v) is 3.14. The molecule has 1 aromatic heterocycles. The predicted octanol–water partition coefficient (Wildman–Crippen LogP) is -0.765. The maximum absolute atomic E-state index is 11.6. The number of amides is 1. The summed E-state index contributed by atoms with van der Waals surface area (Å²) in [5.41, 5.74) is 5.97. The molecule has 2 rings (SSSR count). The van der Waals surface area contributed by atoms with Gasteiger partial charge in [-0.25, -0.2) is 20.5 Å². The summed E-state index contributed by atoms with van der Waals surface area (Å²) in [6.07, 6.45) is 6.59. The van der Waals surface area contributed by atoms with Gasteiger partial charge in [0.15, 0.2) is 0 Å². The van der Waals surface area contributed by atoms with Crippen LogP contribution in [0.15, 0.2) is 24.8 Å². The van der Waals surface area contributed by atoms with E-state index in [-0.39, 0.29) is 5.91 Å². The Labute approximate surface area is 86.7 Å². The minimum atomic E-state index is -0.250. The summed E-state index contributed by atoms with van der Waals surface area (Å²) < 4.78 is 0. The lowest BCUT2D eigenvalue weighted by Gasteiger charge is -2.30. The number of carbonyl (C=O) groups is 1. The van der Waals surface area contributed by atoms with E-state index in [9.17, 15) is 4.79 Å². The summed E-state index contributed by atoms with van der Waals surface area (Å²) in [4.78, 5) is 18.1. The third-order valence-corrected chi connectivity index (χ3v) is 1.88. The van der Waals surface area contributed by atoms with Crippen molar-refractivity contribution in [3.63, 3.8) is 0 Å². The molecular weight excluding hydrogens is 196 g/mol. The fourth-order valence-corrected chi connectivity index (χ4v) is 1.18. The number of H-pyrrole nitrogens is 1. The Morgan fingerprint density at radius 2 is 2.53 bits per heavy atom. The molecule has 15 heavy (non-hydrogen) atoms. The highest BCUT2D eigenvalue weighted by molar-refractivity contribution is 5.91. The number of aromatic amines is 1. The summed E-state index contributed by atoms with van der Waals surface area (Å²) in [7, 11) is 1.87. The van der Waals surface area contributed by atoms with Crippen molar-refractivity contribution < 1.29 is 4.79 Å². The standard InChI is InChI=1S/C8H12N6O/c1-13-3-2-4-14(12-13)11-8(15)7-5-9-6-10-7/h2,4-6,12H,3H2,1H3,(H,9,10)(H,11,15). The Morgan fingerprint density at radius 1 is 1.67 bits per heavy atom. The quantitative estimate of drug-likeness (QED) is 0.595. The van der Waals surface area contributed by atoms with E-state index in [1.165, 1.54) is 17.6 Å². The molecular formula is C8H12N6O. The number of aromatic nitrogens is 2. The lowest BCUT2D eigenvalue weighted by molar-refractivity contribution is 0.0322. The monoisotopic (exact) mass is 208 g/mol. The average Bonchev–Trinajstić information content (AvgIpc) is 2.70. The highest BCUT2D eigenvalue weighted by Gasteiger charge is 2.12. The molecule has 0 fully saturated rings. The number of nitrogens with zero attached hydrogens (tertiary/aromatic N) is 3. The van der Waals surface area contributed by atoms with E-state index in [4.69, 9.17) is 0 Å². The third-order valence-electron chi connectivity index (χ3n) is 1.88. The van der Waals surface area contributed by atoms with Gasteiger partial charge >= 0.3 is 0 Å². The molecule has 0 bridgehead atoms. The smallest absolute Gasteiger partial charge is 0.289 e. The van der Waals surface area contributed by atoms with Gasteiger partial charge in [-0.3, -0.25) is 4.79 Å². The normalized spacial score (nSPS) is 16.7. The predicted molar refractivity (Wildman–Crippen MR) is 52.8 cm³/mol. The summed E-state index contributed by atoms with van der Waals surface area (Å²) in [6.45, 7) is 0.788. The van der Waals surface area contributed by atoms with Crippen LogP contribution in [-0.4, -0.2) is 39.6 Å². The molecule has 1 aliphatic rings. The van der Waals surface area contributed by atoms with Crippen molar-refractivity contribution in [3.05, 3.63) is 30.5 Å². The molecule has 0 atom stereocenters. The molecule has 0 saturated heterocycles. The largest absolute Gasteiger partial charge is 0.341 e. The van der Waals surface area contributed by atoms with Gasteiger partial charge in [0.05, 0.1) is 12.5 Å². The number of imidazole rings is 1. The van der Waals surface area contributed by atoms with Crippen molar-refractivity contribution in [3.8, 4) is 0 Å². The molecule has 0 aliphatic carbocycles. The average molecular weight is 208 g/mol. The van der Waals surface area contributed by atoms with E-state index in [0.29, 0.717) is 5.69 Å². The molecule has 1 amide bonds. The van der Waals surface area contributed by atoms with Crippen LogP contribution in [-0.2, 0) is 0 Å². The first kappa shape index (κ1) is 9.69. The van der Waals surface area contributed by atoms with Gasteiger partial charge in [-0.2, -0.15) is 0 Å². The summed E-state index contributed by atoms with van der Waals surface area (Å²) in [5.74, 6) is -0.250. The van der Waals surface area contributed by atoms with Crippen LogP contribution in [0.25, 0.3) is 0 Å². The van der Waals surface area contributed by atoms with Crippen LogP contribution in [0.2, 0.25) is 0 Å². The number of rotatable bonds is 2. The van der Waals surface area contributed by atoms with Crippen LogP contribution in [0, 0.1) is 0 Å². The first-order chi connectivity index (χ1) is 7.25. The zero-order chi connectivity index (χ0) is 10.7. The van der Waals surface area contributed by atoms with Crippen molar-refractivity contribution in [1.82, 2.24) is 31.1 Å². The zero-order valence-corrected chi connectivity index (χ0v) is 8.27. The first-order valence-electron chi connectivity index (χ1n) is 4.48. The van der Waals surface area contributed by atoms with Gasteiger partial charge in [-0.05, 0) is 6.08 Å². The van der Waals surface area contributed by atoms with E-state index >= 15 is 0 Å². The first-order valence-corrected chi connectivity index (χ1v) is 4.48. The minimum Gasteiger partial charge on any atom is -0.341 e. The highest BCUT2D eigenvalue weighted by Crippen LogP contribution is 1.94. The Kier molecular flexibility index (Phi) is 2.66. The van der Waals surface area contributed by atoms with Crippen molar-refractivity contribution >= 4 is 5.91 Å². The fraction of sp³-hybridized carbons (Fsp3) is 0.250. The Bertz CT molecular complexity index is 359. The van der Waals surface area contributed by atoms with Crippen LogP contribution in [0.5, 0.6) is 0 Å². The van der Waals surface area contributed by atoms with Gasteiger partial charge in [0.2, 0.25) is 0 Å². The molecule has 7 heteroatoms. The Hall–Kier alpha value is -1.86. The van der Waals surface area contributed by atoms with Gasteiger partial charge in [0, 0.05) is 19.8 Å². The van der Waals surface area contributed by atoms with Crippen LogP contribution in [0.3, 0.4) is 0 Å². The number of nitrogens with one attached hydrogen (secondary N) is 3. The van der Waals surface area contributed by atoms with Crippen molar-refractivity contribution in [2.45, 2.75) is 0 Å². The van der Waals surface area contributed by atoms with Crippen LogP contribution < -0.4 is 11.0 Å². The molecule has 0 spiro atoms. The van der Waals surface area contributed by atoms with Gasteiger partial charge < -0.3 is 4.98 Å². The summed E-state index contributed by atoms with van der Waals surface area (Å²) in [6, 6.07) is 0. The maximum atomic E-state index is 11.6. The van der Waals surface area contributed by atoms with E-state index in [1.807, 2.05) is 18.1 Å². The Morgan fingerprint density at radius 3 is 3.20 bits per heavy atom. The van der Waals surface area contributed by atoms with Gasteiger partial charge in [-0.15, -0.1) is 5.53 Å². The van der Waals surface area contributed by atoms with E-state index in [0.717, 1.165) is 6.54 Å². The molecule has 80 valence electrons. The van der Waals surface area contributed by atoms with E-state index in [2.05, 4.69) is 20.9 Å². The maximum Gasteiger partial charge on any atom is 0.289 e. The third kappa shape index (κ3) is 2.33. The molecule has 0 unspecified atom stereocenters. The molecule has 1 aliphatic heterocycles. The van der Waals surface area contributed by atoms with Crippen LogP contribution in [0.4, 0.5) is 0 Å². The van der Waals surface area contributed by atoms with E-state index in [1.54, 1.807) is 6.20 Å². The minimum absolute atomic E-state index is 0.250. The SMILES string of the molecule is CN1CC=CN(NC(=O)c2cnc[nH]2)N1. The van der Waals surface area contributed by atoms with Crippen molar-refractivity contribution in [2.75, 3.05) is 13.6 Å². The second-order valence-electron chi connectivity index (χ2n) is 3.14. The molecule has 2 heterocycles. The number of hydrogen-bond acceptors (Lipinski definition) is 5. The molecule has 0 aromatic carbocycles. The molecule has 0 radical (unpaired) electrons. The number of likely N-dealkylation sites (N-methyl/N-ethyl adjacent to an activating group) is 1. The highest BCUT2D eigenvalue weighted by atomic mass is 16.2. The zero-order valence-electron chi connectivity index (χ0n) is 8.27. The van der Waals surface area contributed by atoms with Crippen molar-refractivity contribution in [1.29, 1.82) is 0 Å². The van der Waals surface area contributed by atoms with Gasteiger partial charge in [0.25, 0.3) is 5.91 Å². The topological polar surface area (TPSA) is 76.3 Å². The molecule has 1 aromatic rings.